The highest BCUT2D eigenvalue weighted by molar-refractivity contribution is 5.84. The van der Waals surface area contributed by atoms with Gasteiger partial charge in [-0.2, -0.15) is 0 Å². The molecule has 0 heterocycles. The van der Waals surface area contributed by atoms with Crippen LogP contribution in [0, 0.1) is 5.92 Å². The summed E-state index contributed by atoms with van der Waals surface area (Å²) < 4.78 is 0. The highest BCUT2D eigenvalue weighted by Gasteiger charge is 2.20. The summed E-state index contributed by atoms with van der Waals surface area (Å²) in [7, 11) is 0. The predicted molar refractivity (Wildman–Crippen MR) is 46.4 cm³/mol. The number of hydrogen-bond donors (Lipinski definition) is 0. The smallest absolute Gasteiger partial charge is 0.139 e. The Labute approximate surface area is 68.5 Å². The number of carbonyl (C=O) groups excluding carboxylic acids is 1. The number of hydrogen-bond acceptors (Lipinski definition) is 1. The summed E-state index contributed by atoms with van der Waals surface area (Å²) in [4.78, 5) is 11.3. The predicted octanol–water partition coefficient (Wildman–Crippen LogP) is 2.71. The van der Waals surface area contributed by atoms with Crippen molar-refractivity contribution in [1.29, 1.82) is 0 Å². The highest BCUT2D eigenvalue weighted by Crippen LogP contribution is 2.26. The van der Waals surface area contributed by atoms with Crippen LogP contribution in [0.5, 0.6) is 0 Å². The molecule has 0 aromatic carbocycles. The quantitative estimate of drug-likeness (QED) is 0.488. The van der Waals surface area contributed by atoms with Gasteiger partial charge in [0.25, 0.3) is 0 Å². The van der Waals surface area contributed by atoms with Gasteiger partial charge in [0.1, 0.15) is 5.78 Å². The van der Waals surface area contributed by atoms with E-state index < -0.39 is 0 Å². The van der Waals surface area contributed by atoms with E-state index >= 15 is 0 Å². The molecular formula is C10H16O. The minimum atomic E-state index is 0.304. The zero-order chi connectivity index (χ0) is 8.43. The van der Waals surface area contributed by atoms with Crippen molar-refractivity contribution < 1.29 is 4.79 Å². The van der Waals surface area contributed by atoms with E-state index in [9.17, 15) is 4.79 Å². The van der Waals surface area contributed by atoms with Crippen LogP contribution in [0.1, 0.15) is 40.0 Å². The van der Waals surface area contributed by atoms with E-state index in [-0.39, 0.29) is 0 Å². The molecule has 0 amide bonds. The SMILES string of the molecule is CC(C)=C1CC[C@@H](C)C(=O)C1. The fraction of sp³-hybridized carbons (Fsp3) is 0.700. The maximum absolute atomic E-state index is 11.3. The van der Waals surface area contributed by atoms with Crippen LogP contribution in [0.2, 0.25) is 0 Å². The number of rotatable bonds is 0. The third kappa shape index (κ3) is 1.92. The normalized spacial score (nSPS) is 25.5. The number of carbonyl (C=O) groups is 1. The van der Waals surface area contributed by atoms with Crippen molar-refractivity contribution in [2.24, 2.45) is 5.92 Å². The molecule has 1 atom stereocenters. The molecule has 1 aliphatic carbocycles. The van der Waals surface area contributed by atoms with Crippen molar-refractivity contribution in [2.45, 2.75) is 40.0 Å². The van der Waals surface area contributed by atoms with Gasteiger partial charge < -0.3 is 0 Å². The van der Waals surface area contributed by atoms with Crippen LogP contribution in [-0.4, -0.2) is 5.78 Å². The van der Waals surface area contributed by atoms with Gasteiger partial charge in [-0.05, 0) is 26.7 Å². The lowest BCUT2D eigenvalue weighted by Crippen LogP contribution is -2.17. The van der Waals surface area contributed by atoms with E-state index in [0.717, 1.165) is 12.8 Å². The first kappa shape index (κ1) is 8.51. The van der Waals surface area contributed by atoms with Gasteiger partial charge in [-0.1, -0.05) is 18.1 Å². The Kier molecular flexibility index (Phi) is 2.48. The van der Waals surface area contributed by atoms with Gasteiger partial charge in [0.2, 0.25) is 0 Å². The summed E-state index contributed by atoms with van der Waals surface area (Å²) in [6.45, 7) is 6.22. The van der Waals surface area contributed by atoms with Gasteiger partial charge >= 0.3 is 0 Å². The first-order valence-corrected chi connectivity index (χ1v) is 4.29. The molecule has 1 heteroatoms. The lowest BCUT2D eigenvalue weighted by atomic mass is 9.84. The van der Waals surface area contributed by atoms with E-state index in [4.69, 9.17) is 0 Å². The maximum atomic E-state index is 11.3. The van der Waals surface area contributed by atoms with Crippen molar-refractivity contribution in [2.75, 3.05) is 0 Å². The summed E-state index contributed by atoms with van der Waals surface area (Å²) >= 11 is 0. The van der Waals surface area contributed by atoms with Crippen molar-refractivity contribution in [1.82, 2.24) is 0 Å². The number of ketones is 1. The molecule has 0 bridgehead atoms. The van der Waals surface area contributed by atoms with Crippen molar-refractivity contribution >= 4 is 5.78 Å². The average molecular weight is 152 g/mol. The molecule has 1 fully saturated rings. The minimum Gasteiger partial charge on any atom is -0.299 e. The van der Waals surface area contributed by atoms with Gasteiger partial charge in [-0.3, -0.25) is 4.79 Å². The van der Waals surface area contributed by atoms with Crippen LogP contribution in [-0.2, 0) is 4.79 Å². The van der Waals surface area contributed by atoms with Crippen molar-refractivity contribution in [3.63, 3.8) is 0 Å². The van der Waals surface area contributed by atoms with Crippen molar-refractivity contribution in [3.8, 4) is 0 Å². The molecule has 1 rings (SSSR count). The molecule has 0 aromatic heterocycles. The van der Waals surface area contributed by atoms with Crippen LogP contribution in [0.25, 0.3) is 0 Å². The molecule has 0 N–H and O–H groups in total. The molecule has 62 valence electrons. The Morgan fingerprint density at radius 2 is 2.09 bits per heavy atom. The largest absolute Gasteiger partial charge is 0.299 e. The molecule has 11 heavy (non-hydrogen) atoms. The molecule has 0 aliphatic heterocycles. The number of allylic oxidation sites excluding steroid dienone is 2. The fourth-order valence-electron chi connectivity index (χ4n) is 1.45. The van der Waals surface area contributed by atoms with E-state index in [1.54, 1.807) is 0 Å². The molecule has 0 saturated heterocycles. The van der Waals surface area contributed by atoms with Gasteiger partial charge in [-0.25, -0.2) is 0 Å². The second kappa shape index (κ2) is 3.21. The Morgan fingerprint density at radius 1 is 1.45 bits per heavy atom. The standard InChI is InChI=1S/C10H16O/c1-7(2)9-5-4-8(3)10(11)6-9/h8H,4-6H2,1-3H3/t8-/m1/s1. The summed E-state index contributed by atoms with van der Waals surface area (Å²) in [5.74, 6) is 0.727. The molecule has 0 aromatic rings. The zero-order valence-corrected chi connectivity index (χ0v) is 7.61. The monoisotopic (exact) mass is 152 g/mol. The minimum absolute atomic E-state index is 0.304. The molecular weight excluding hydrogens is 136 g/mol. The summed E-state index contributed by atoms with van der Waals surface area (Å²) in [6, 6.07) is 0. The van der Waals surface area contributed by atoms with Gasteiger partial charge in [-0.15, -0.1) is 0 Å². The van der Waals surface area contributed by atoms with Gasteiger partial charge in [0.05, 0.1) is 0 Å². The van der Waals surface area contributed by atoms with Crippen LogP contribution < -0.4 is 0 Å². The second-order valence-electron chi connectivity index (χ2n) is 3.69. The maximum Gasteiger partial charge on any atom is 0.139 e. The molecule has 1 aliphatic rings. The molecule has 0 radical (unpaired) electrons. The Balaban J connectivity index is 2.68. The van der Waals surface area contributed by atoms with Crippen LogP contribution in [0.4, 0.5) is 0 Å². The van der Waals surface area contributed by atoms with E-state index in [1.807, 2.05) is 6.92 Å². The summed E-state index contributed by atoms with van der Waals surface area (Å²) in [6.07, 6.45) is 2.90. The third-order valence-corrected chi connectivity index (χ3v) is 2.52. The molecule has 0 unspecified atom stereocenters. The molecule has 0 spiro atoms. The first-order valence-electron chi connectivity index (χ1n) is 4.29. The Morgan fingerprint density at radius 3 is 2.55 bits per heavy atom. The Hall–Kier alpha value is -0.590. The highest BCUT2D eigenvalue weighted by atomic mass is 16.1. The lowest BCUT2D eigenvalue weighted by Gasteiger charge is -2.20. The van der Waals surface area contributed by atoms with E-state index in [2.05, 4.69) is 13.8 Å². The first-order chi connectivity index (χ1) is 5.11. The van der Waals surface area contributed by atoms with Gasteiger partial charge in [0.15, 0.2) is 0 Å². The van der Waals surface area contributed by atoms with Gasteiger partial charge in [0, 0.05) is 12.3 Å². The third-order valence-electron chi connectivity index (χ3n) is 2.52. The van der Waals surface area contributed by atoms with E-state index in [0.29, 0.717) is 18.1 Å². The number of Topliss-reactive ketones (excluding diaryl/α,β-unsaturated/α-hetero) is 1. The molecule has 1 saturated carbocycles. The average Bonchev–Trinajstić information content (AvgIpc) is 1.94. The summed E-state index contributed by atoms with van der Waals surface area (Å²) in [5, 5.41) is 0. The van der Waals surface area contributed by atoms with Crippen LogP contribution in [0.3, 0.4) is 0 Å². The van der Waals surface area contributed by atoms with Crippen molar-refractivity contribution in [3.05, 3.63) is 11.1 Å². The molecule has 1 nitrogen and oxygen atoms in total. The van der Waals surface area contributed by atoms with Crippen LogP contribution in [0.15, 0.2) is 11.1 Å². The zero-order valence-electron chi connectivity index (χ0n) is 7.61. The Bertz CT molecular complexity index is 197. The topological polar surface area (TPSA) is 17.1 Å². The fourth-order valence-corrected chi connectivity index (χ4v) is 1.45. The lowest BCUT2D eigenvalue weighted by molar-refractivity contribution is -0.122. The second-order valence-corrected chi connectivity index (χ2v) is 3.69. The van der Waals surface area contributed by atoms with E-state index in [1.165, 1.54) is 11.1 Å². The van der Waals surface area contributed by atoms with Crippen LogP contribution >= 0.6 is 0 Å². The summed E-state index contributed by atoms with van der Waals surface area (Å²) in [5.41, 5.74) is 2.71.